The second kappa shape index (κ2) is 13.3. The molecule has 3 aromatic heterocycles. The fourth-order valence-electron chi connectivity index (χ4n) is 10.1. The van der Waals surface area contributed by atoms with E-state index in [2.05, 4.69) is 25.8 Å². The van der Waals surface area contributed by atoms with Crippen LogP contribution in [0.5, 0.6) is 6.01 Å². The topological polar surface area (TPSA) is 142 Å². The Morgan fingerprint density at radius 1 is 1.09 bits per heavy atom. The fourth-order valence-corrected chi connectivity index (χ4v) is 11.0. The summed E-state index contributed by atoms with van der Waals surface area (Å²) < 4.78 is 63.5. The average molecular weight is 772 g/mol. The van der Waals surface area contributed by atoms with Crippen LogP contribution in [0.1, 0.15) is 54.5 Å². The Morgan fingerprint density at radius 3 is 2.71 bits per heavy atom. The highest BCUT2D eigenvalue weighted by atomic mass is 32.1. The summed E-state index contributed by atoms with van der Waals surface area (Å²) >= 11 is 1.16. The molecule has 55 heavy (non-hydrogen) atoms. The van der Waals surface area contributed by atoms with Gasteiger partial charge in [-0.15, -0.1) is 11.3 Å². The fraction of sp³-hybridized carbons (Fsp3) is 0.487. The van der Waals surface area contributed by atoms with Crippen molar-refractivity contribution in [2.24, 2.45) is 0 Å². The molecule has 2 unspecified atom stereocenters. The number of hydrogen-bond acceptors (Lipinski definition) is 12. The molecule has 4 atom stereocenters. The number of benzene rings is 2. The Hall–Kier alpha value is -4.53. The number of nitrogens with two attached hydrogens (primary N) is 1. The lowest BCUT2D eigenvalue weighted by atomic mass is 9.90. The summed E-state index contributed by atoms with van der Waals surface area (Å²) in [6.45, 7) is 4.14. The van der Waals surface area contributed by atoms with Crippen molar-refractivity contribution < 1.29 is 27.8 Å². The molecule has 3 N–H and O–H groups in total. The van der Waals surface area contributed by atoms with Crippen molar-refractivity contribution in [2.45, 2.75) is 82.2 Å². The van der Waals surface area contributed by atoms with Crippen LogP contribution in [0.2, 0.25) is 0 Å². The summed E-state index contributed by atoms with van der Waals surface area (Å²) in [6, 6.07) is 5.04. The van der Waals surface area contributed by atoms with Crippen LogP contribution in [-0.2, 0) is 31.0 Å². The van der Waals surface area contributed by atoms with Crippen LogP contribution >= 0.6 is 11.3 Å². The zero-order valence-electron chi connectivity index (χ0n) is 30.1. The van der Waals surface area contributed by atoms with E-state index < -0.39 is 23.3 Å². The molecule has 0 spiro atoms. The van der Waals surface area contributed by atoms with E-state index in [-0.39, 0.29) is 77.1 Å². The second-order valence-corrected chi connectivity index (χ2v) is 16.7. The number of thiophene rings is 1. The Morgan fingerprint density at radius 2 is 1.91 bits per heavy atom. The number of fused-ring (bicyclic) bond motifs is 7. The number of aliphatic hydroxyl groups excluding tert-OH is 1. The van der Waals surface area contributed by atoms with Gasteiger partial charge >= 0.3 is 6.01 Å². The molecular weight excluding hydrogens is 732 g/mol. The number of rotatable bonds is 9. The number of likely N-dealkylation sites (tertiary alicyclic amines) is 1. The average Bonchev–Trinajstić information content (AvgIpc) is 4.02. The minimum absolute atomic E-state index is 0.00180. The number of aliphatic hydroxyl groups is 1. The molecule has 10 rings (SSSR count). The van der Waals surface area contributed by atoms with Crippen molar-refractivity contribution in [3.05, 3.63) is 58.7 Å². The number of halogens is 3. The lowest BCUT2D eigenvalue weighted by molar-refractivity contribution is 0.107. The molecule has 286 valence electrons. The molecule has 0 saturated carbocycles. The van der Waals surface area contributed by atoms with Gasteiger partial charge in [-0.3, -0.25) is 9.80 Å². The number of anilines is 2. The second-order valence-electron chi connectivity index (χ2n) is 15.6. The summed E-state index contributed by atoms with van der Waals surface area (Å²) in [7, 11) is 0. The summed E-state index contributed by atoms with van der Waals surface area (Å²) in [4.78, 5) is 21.2. The van der Waals surface area contributed by atoms with E-state index >= 15 is 8.78 Å². The zero-order chi connectivity index (χ0) is 37.6. The third-order valence-corrected chi connectivity index (χ3v) is 13.4. The molecule has 0 radical (unpaired) electrons. The predicted octanol–water partition coefficient (Wildman–Crippen LogP) is 5.27. The molecule has 4 fully saturated rings. The highest BCUT2D eigenvalue weighted by Crippen LogP contribution is 2.49. The number of hydrogen-bond donors (Lipinski definition) is 2. The summed E-state index contributed by atoms with van der Waals surface area (Å²) in [5.74, 6) is -0.876. The van der Waals surface area contributed by atoms with Crippen LogP contribution in [0.4, 0.5) is 24.0 Å². The molecule has 12 nitrogen and oxygen atoms in total. The summed E-state index contributed by atoms with van der Waals surface area (Å²) in [5.41, 5.74) is 7.89. The third-order valence-electron chi connectivity index (χ3n) is 12.4. The molecule has 2 bridgehead atoms. The summed E-state index contributed by atoms with van der Waals surface area (Å²) in [6.07, 6.45) is 6.64. The Bertz CT molecular complexity index is 2390. The molecular formula is C39H40F3N9O3S. The maximum atomic E-state index is 17.7. The van der Waals surface area contributed by atoms with Gasteiger partial charge in [0.15, 0.2) is 5.82 Å². The van der Waals surface area contributed by atoms with Crippen molar-refractivity contribution in [1.82, 2.24) is 29.3 Å². The smallest absolute Gasteiger partial charge is 0.319 e. The molecule has 0 aliphatic carbocycles. The van der Waals surface area contributed by atoms with Crippen molar-refractivity contribution in [1.29, 1.82) is 5.26 Å². The van der Waals surface area contributed by atoms with Crippen LogP contribution < -0.4 is 15.4 Å². The summed E-state index contributed by atoms with van der Waals surface area (Å²) in [5, 5.41) is 20.4. The van der Waals surface area contributed by atoms with Crippen LogP contribution in [0.25, 0.3) is 32.1 Å². The maximum Gasteiger partial charge on any atom is 0.319 e. The highest BCUT2D eigenvalue weighted by Gasteiger charge is 2.50. The van der Waals surface area contributed by atoms with E-state index in [0.717, 1.165) is 62.3 Å². The number of nitriles is 1. The van der Waals surface area contributed by atoms with Crippen molar-refractivity contribution in [2.75, 3.05) is 50.0 Å². The van der Waals surface area contributed by atoms with E-state index in [4.69, 9.17) is 25.2 Å². The lowest BCUT2D eigenvalue weighted by Gasteiger charge is -2.42. The van der Waals surface area contributed by atoms with Gasteiger partial charge in [0.25, 0.3) is 0 Å². The maximum absolute atomic E-state index is 17.7. The molecule has 5 aliphatic heterocycles. The number of imidazole rings is 1. The van der Waals surface area contributed by atoms with E-state index in [1.807, 2.05) is 10.8 Å². The predicted molar refractivity (Wildman–Crippen MR) is 200 cm³/mol. The van der Waals surface area contributed by atoms with Gasteiger partial charge in [-0.05, 0) is 55.5 Å². The molecule has 5 aromatic rings. The van der Waals surface area contributed by atoms with Crippen molar-refractivity contribution in [3.8, 4) is 23.2 Å². The van der Waals surface area contributed by atoms with Crippen LogP contribution in [0, 0.1) is 23.0 Å². The molecule has 4 saturated heterocycles. The van der Waals surface area contributed by atoms with Crippen LogP contribution in [0.3, 0.4) is 0 Å². The Balaban J connectivity index is 1.11. The molecule has 8 heterocycles. The van der Waals surface area contributed by atoms with Gasteiger partial charge in [-0.2, -0.15) is 15.2 Å². The van der Waals surface area contributed by atoms with Crippen molar-refractivity contribution >= 4 is 43.1 Å². The first kappa shape index (κ1) is 34.9. The number of nitrogen functional groups attached to an aromatic ring is 1. The number of aromatic nitrogens is 4. The normalized spacial score (nSPS) is 25.0. The van der Waals surface area contributed by atoms with Gasteiger partial charge in [-0.1, -0.05) is 0 Å². The van der Waals surface area contributed by atoms with Gasteiger partial charge in [-0.25, -0.2) is 18.2 Å². The Kier molecular flexibility index (Phi) is 8.45. The zero-order valence-corrected chi connectivity index (χ0v) is 30.9. The Labute approximate surface area is 318 Å². The number of alkyl halides is 1. The largest absolute Gasteiger partial charge is 0.461 e. The van der Waals surface area contributed by atoms with E-state index in [1.165, 1.54) is 6.07 Å². The minimum atomic E-state index is -0.947. The van der Waals surface area contributed by atoms with E-state index in [9.17, 15) is 14.8 Å². The van der Waals surface area contributed by atoms with Crippen molar-refractivity contribution in [3.63, 3.8) is 0 Å². The van der Waals surface area contributed by atoms with E-state index in [1.54, 1.807) is 12.4 Å². The van der Waals surface area contributed by atoms with Gasteiger partial charge in [0.2, 0.25) is 0 Å². The SMILES string of the molecule is N#Cc1c(N)sc2ccc(F)c(-c3c4c(c5c(N6C7CCC6CN(Cc6cn(CCO)cn6)C7)nc(OC[C@@]67CCCN6C[C@H](F)C7)nc5c3F)COC4)c12. The van der Waals surface area contributed by atoms with Gasteiger partial charge in [0, 0.05) is 78.6 Å². The number of piperazine rings is 1. The van der Waals surface area contributed by atoms with Crippen LogP contribution in [-0.4, -0.2) is 97.6 Å². The van der Waals surface area contributed by atoms with Gasteiger partial charge in [0.1, 0.15) is 41.0 Å². The minimum Gasteiger partial charge on any atom is -0.461 e. The van der Waals surface area contributed by atoms with Gasteiger partial charge in [0.05, 0.1) is 48.3 Å². The van der Waals surface area contributed by atoms with E-state index in [0.29, 0.717) is 53.1 Å². The lowest BCUT2D eigenvalue weighted by Crippen LogP contribution is -2.54. The molecule has 2 aromatic carbocycles. The standard InChI is InChI=1S/C39H40F3N9O3S/c40-21-10-39(6-1-7-50(39)12-21)19-54-38-46-35-32(37(47-38)51-23-2-3-24(51)16-49(15-23)14-22-13-48(8-9-52)20-45-22)27-18-53-17-26(27)31(34(35)42)33-28(41)4-5-29-30(33)25(11-43)36(44)55-29/h4-5,13,20-21,23-24,52H,1-3,6-10,12,14-19,44H2/t21-,23?,24?,39+/m1/s1. The van der Waals surface area contributed by atoms with Crippen LogP contribution in [0.15, 0.2) is 24.7 Å². The van der Waals surface area contributed by atoms with Gasteiger partial charge < -0.3 is 29.8 Å². The first-order valence-electron chi connectivity index (χ1n) is 18.9. The number of ether oxygens (including phenoxy) is 2. The quantitative estimate of drug-likeness (QED) is 0.203. The monoisotopic (exact) mass is 771 g/mol. The molecule has 0 amide bonds. The first-order chi connectivity index (χ1) is 26.7. The molecule has 5 aliphatic rings. The highest BCUT2D eigenvalue weighted by molar-refractivity contribution is 7.23. The third kappa shape index (κ3) is 5.57. The first-order valence-corrected chi connectivity index (χ1v) is 19.7. The molecule has 16 heteroatoms. The number of nitrogens with zero attached hydrogens (tertiary/aromatic N) is 8.